The summed E-state index contributed by atoms with van der Waals surface area (Å²) in [7, 11) is 0. The fourth-order valence-corrected chi connectivity index (χ4v) is 3.16. The number of nitrogens with zero attached hydrogens (tertiary/aromatic N) is 3. The third-order valence-electron chi connectivity index (χ3n) is 4.50. The van der Waals surface area contributed by atoms with Crippen LogP contribution in [0.25, 0.3) is 0 Å². The first-order chi connectivity index (χ1) is 10.4. The van der Waals surface area contributed by atoms with Crippen molar-refractivity contribution < 1.29 is 13.2 Å². The molecular formula is C15H20F3N4. The lowest BCUT2D eigenvalue weighted by Gasteiger charge is -2.39. The van der Waals surface area contributed by atoms with Gasteiger partial charge in [-0.3, -0.25) is 4.90 Å². The number of halogens is 3. The predicted octanol–water partition coefficient (Wildman–Crippen LogP) is 1.99. The highest BCUT2D eigenvalue weighted by molar-refractivity contribution is 5.40. The van der Waals surface area contributed by atoms with Gasteiger partial charge in [0.1, 0.15) is 5.82 Å². The number of rotatable bonds is 2. The van der Waals surface area contributed by atoms with E-state index in [1.165, 1.54) is 6.07 Å². The second-order valence-corrected chi connectivity index (χ2v) is 5.93. The molecule has 1 N–H and O–H groups in total. The van der Waals surface area contributed by atoms with Crippen LogP contribution in [0.2, 0.25) is 0 Å². The smallest absolute Gasteiger partial charge is 0.354 e. The number of pyridine rings is 1. The van der Waals surface area contributed by atoms with Crippen molar-refractivity contribution in [3.8, 4) is 0 Å². The second-order valence-electron chi connectivity index (χ2n) is 5.93. The van der Waals surface area contributed by atoms with Gasteiger partial charge in [-0.05, 0) is 18.1 Å². The fraction of sp³-hybridized carbons (Fsp3) is 0.600. The predicted molar refractivity (Wildman–Crippen MR) is 78.3 cm³/mol. The van der Waals surface area contributed by atoms with E-state index in [0.717, 1.165) is 45.0 Å². The van der Waals surface area contributed by atoms with Gasteiger partial charge in [0.25, 0.3) is 0 Å². The van der Waals surface area contributed by atoms with Gasteiger partial charge in [-0.2, -0.15) is 13.2 Å². The van der Waals surface area contributed by atoms with E-state index < -0.39 is 11.7 Å². The molecule has 0 spiro atoms. The summed E-state index contributed by atoms with van der Waals surface area (Å²) in [5.41, 5.74) is -0.698. The Morgan fingerprint density at radius 2 is 1.91 bits per heavy atom. The van der Waals surface area contributed by atoms with Crippen molar-refractivity contribution >= 4 is 5.82 Å². The molecule has 2 aliphatic heterocycles. The zero-order chi connectivity index (χ0) is 15.7. The van der Waals surface area contributed by atoms with Crippen LogP contribution < -0.4 is 10.2 Å². The van der Waals surface area contributed by atoms with Crippen molar-refractivity contribution in [3.05, 3.63) is 30.4 Å². The number of aromatic nitrogens is 1. The van der Waals surface area contributed by atoms with Crippen LogP contribution in [0, 0.1) is 12.5 Å². The van der Waals surface area contributed by atoms with E-state index in [2.05, 4.69) is 28.7 Å². The molecule has 3 rings (SSSR count). The maximum atomic E-state index is 12.6. The van der Waals surface area contributed by atoms with Crippen LogP contribution in [0.3, 0.4) is 0 Å². The summed E-state index contributed by atoms with van der Waals surface area (Å²) < 4.78 is 37.7. The Labute approximate surface area is 128 Å². The Kier molecular flexibility index (Phi) is 4.27. The van der Waals surface area contributed by atoms with Crippen molar-refractivity contribution in [1.29, 1.82) is 0 Å². The topological polar surface area (TPSA) is 31.4 Å². The largest absolute Gasteiger partial charge is 0.417 e. The first-order valence-electron chi connectivity index (χ1n) is 7.54. The van der Waals surface area contributed by atoms with Gasteiger partial charge in [0.15, 0.2) is 0 Å². The molecule has 0 aromatic carbocycles. The summed E-state index contributed by atoms with van der Waals surface area (Å²) in [5, 5.41) is 3.28. The van der Waals surface area contributed by atoms with E-state index in [9.17, 15) is 13.2 Å². The maximum absolute atomic E-state index is 12.6. The SMILES string of the molecule is C[C@@H]1[CH]NC[C@H]1N1CCN(c2ccc(C(F)(F)F)cn2)CC1. The monoisotopic (exact) mass is 313 g/mol. The van der Waals surface area contributed by atoms with E-state index in [1.807, 2.05) is 4.90 Å². The van der Waals surface area contributed by atoms with Crippen LogP contribution in [0.15, 0.2) is 18.3 Å². The first-order valence-corrected chi connectivity index (χ1v) is 7.54. The van der Waals surface area contributed by atoms with Crippen molar-refractivity contribution in [2.24, 2.45) is 5.92 Å². The molecule has 7 heteroatoms. The average Bonchev–Trinajstić information content (AvgIpc) is 2.93. The van der Waals surface area contributed by atoms with Gasteiger partial charge in [0, 0.05) is 51.5 Å². The number of nitrogens with one attached hydrogen (secondary N) is 1. The number of hydrogen-bond acceptors (Lipinski definition) is 4. The van der Waals surface area contributed by atoms with Crippen LogP contribution in [0.4, 0.5) is 19.0 Å². The summed E-state index contributed by atoms with van der Waals surface area (Å²) >= 11 is 0. The maximum Gasteiger partial charge on any atom is 0.417 e. The van der Waals surface area contributed by atoms with Gasteiger partial charge >= 0.3 is 6.18 Å². The lowest BCUT2D eigenvalue weighted by molar-refractivity contribution is -0.137. The van der Waals surface area contributed by atoms with Crippen LogP contribution in [-0.2, 0) is 6.18 Å². The molecule has 121 valence electrons. The van der Waals surface area contributed by atoms with Gasteiger partial charge in [-0.1, -0.05) is 6.92 Å². The molecular weight excluding hydrogens is 293 g/mol. The molecule has 0 aliphatic carbocycles. The van der Waals surface area contributed by atoms with E-state index >= 15 is 0 Å². The van der Waals surface area contributed by atoms with Crippen molar-refractivity contribution in [2.75, 3.05) is 37.6 Å². The van der Waals surface area contributed by atoms with Gasteiger partial charge in [0.2, 0.25) is 0 Å². The quantitative estimate of drug-likeness (QED) is 0.905. The van der Waals surface area contributed by atoms with Gasteiger partial charge in [0.05, 0.1) is 5.56 Å². The standard InChI is InChI=1S/C15H20F3N4/c1-11-8-19-10-13(11)21-4-6-22(7-5-21)14-3-2-12(9-20-14)15(16,17)18/h2-3,8-9,11,13,19H,4-7,10H2,1H3/t11-,13-/m1/s1. The van der Waals surface area contributed by atoms with Crippen molar-refractivity contribution in [1.82, 2.24) is 15.2 Å². The minimum Gasteiger partial charge on any atom is -0.354 e. The molecule has 1 aromatic heterocycles. The Balaban J connectivity index is 1.59. The second kappa shape index (κ2) is 6.04. The fourth-order valence-electron chi connectivity index (χ4n) is 3.16. The molecule has 1 aromatic rings. The summed E-state index contributed by atoms with van der Waals surface area (Å²) in [5.74, 6) is 1.15. The molecule has 2 fully saturated rings. The van der Waals surface area contributed by atoms with E-state index in [1.54, 1.807) is 0 Å². The van der Waals surface area contributed by atoms with Gasteiger partial charge in [-0.25, -0.2) is 4.98 Å². The molecule has 2 atom stereocenters. The summed E-state index contributed by atoms with van der Waals surface area (Å²) in [6, 6.07) is 3.08. The third kappa shape index (κ3) is 3.20. The normalized spacial score (nSPS) is 27.4. The number of hydrogen-bond donors (Lipinski definition) is 1. The minimum absolute atomic E-state index is 0.516. The first kappa shape index (κ1) is 15.6. The molecule has 0 bridgehead atoms. The summed E-state index contributed by atoms with van der Waals surface area (Å²) in [6.45, 7) is 8.71. The Morgan fingerprint density at radius 1 is 1.18 bits per heavy atom. The number of piperazine rings is 1. The zero-order valence-corrected chi connectivity index (χ0v) is 12.5. The number of anilines is 1. The zero-order valence-electron chi connectivity index (χ0n) is 12.5. The Morgan fingerprint density at radius 3 is 2.41 bits per heavy atom. The van der Waals surface area contributed by atoms with Crippen LogP contribution in [0.1, 0.15) is 12.5 Å². The third-order valence-corrected chi connectivity index (χ3v) is 4.50. The van der Waals surface area contributed by atoms with E-state index in [0.29, 0.717) is 17.8 Å². The van der Waals surface area contributed by atoms with Crippen molar-refractivity contribution in [3.63, 3.8) is 0 Å². The molecule has 4 nitrogen and oxygen atoms in total. The Hall–Kier alpha value is -1.34. The molecule has 1 radical (unpaired) electrons. The van der Waals surface area contributed by atoms with Crippen molar-refractivity contribution in [2.45, 2.75) is 19.1 Å². The minimum atomic E-state index is -4.33. The molecule has 0 unspecified atom stereocenters. The van der Waals surface area contributed by atoms with Crippen LogP contribution >= 0.6 is 0 Å². The van der Waals surface area contributed by atoms with E-state index in [-0.39, 0.29) is 0 Å². The lowest BCUT2D eigenvalue weighted by atomic mass is 10.0. The summed E-state index contributed by atoms with van der Waals surface area (Å²) in [4.78, 5) is 8.47. The molecule has 22 heavy (non-hydrogen) atoms. The highest BCUT2D eigenvalue weighted by Crippen LogP contribution is 2.29. The molecule has 3 heterocycles. The number of alkyl halides is 3. The van der Waals surface area contributed by atoms with Gasteiger partial charge in [-0.15, -0.1) is 0 Å². The lowest BCUT2D eigenvalue weighted by Crippen LogP contribution is -2.52. The summed E-state index contributed by atoms with van der Waals surface area (Å²) in [6.07, 6.45) is -3.41. The highest BCUT2D eigenvalue weighted by Gasteiger charge is 2.33. The highest BCUT2D eigenvalue weighted by atomic mass is 19.4. The van der Waals surface area contributed by atoms with Crippen LogP contribution in [0.5, 0.6) is 0 Å². The molecule has 0 amide bonds. The van der Waals surface area contributed by atoms with Gasteiger partial charge < -0.3 is 10.2 Å². The van der Waals surface area contributed by atoms with E-state index in [4.69, 9.17) is 0 Å². The molecule has 2 aliphatic rings. The average molecular weight is 313 g/mol. The molecule has 2 saturated heterocycles. The Bertz CT molecular complexity index is 495. The molecule has 0 saturated carbocycles. The van der Waals surface area contributed by atoms with Crippen LogP contribution in [-0.4, -0.2) is 48.6 Å².